The average Bonchev–Trinajstić information content (AvgIpc) is 2.78. The highest BCUT2D eigenvalue weighted by atomic mass is 35.5. The van der Waals surface area contributed by atoms with Gasteiger partial charge in [-0.3, -0.25) is 14.5 Å². The molecule has 4 amide bonds. The number of hydrogen-bond donors (Lipinski definition) is 3. The number of imide groups is 1. The van der Waals surface area contributed by atoms with Crippen molar-refractivity contribution in [1.82, 2.24) is 15.5 Å². The van der Waals surface area contributed by atoms with Crippen molar-refractivity contribution in [2.75, 3.05) is 13.1 Å². The van der Waals surface area contributed by atoms with Crippen molar-refractivity contribution >= 4 is 30.3 Å². The third kappa shape index (κ3) is 5.17. The van der Waals surface area contributed by atoms with Gasteiger partial charge in [0.1, 0.15) is 17.9 Å². The molecule has 2 rings (SSSR count). The monoisotopic (exact) mass is 400 g/mol. The molecule has 1 fully saturated rings. The molecule has 2 atom stereocenters. The largest absolute Gasteiger partial charge is 0.351 e. The predicted octanol–water partition coefficient (Wildman–Crippen LogP) is 1.50. The second-order valence-electron chi connectivity index (χ2n) is 7.08. The molecule has 150 valence electrons. The number of urea groups is 1. The molecular formula is C18H26ClFN4O3. The molecule has 1 aliphatic rings. The molecule has 4 N–H and O–H groups in total. The fraction of sp³-hybridized carbons (Fsp3) is 0.500. The van der Waals surface area contributed by atoms with E-state index < -0.39 is 35.7 Å². The highest BCUT2D eigenvalue weighted by Gasteiger charge is 2.49. The number of rotatable bonds is 7. The lowest BCUT2D eigenvalue weighted by Crippen LogP contribution is -2.47. The molecule has 1 aliphatic heterocycles. The van der Waals surface area contributed by atoms with Gasteiger partial charge in [0.2, 0.25) is 5.91 Å². The number of nitrogens with zero attached hydrogens (tertiary/aromatic N) is 1. The number of carbonyl (C=O) groups excluding carboxylic acids is 3. The van der Waals surface area contributed by atoms with Crippen molar-refractivity contribution < 1.29 is 18.8 Å². The van der Waals surface area contributed by atoms with Crippen LogP contribution >= 0.6 is 12.4 Å². The molecule has 0 spiro atoms. The fourth-order valence-corrected chi connectivity index (χ4v) is 3.02. The molecule has 9 heteroatoms. The van der Waals surface area contributed by atoms with Gasteiger partial charge in [0.25, 0.3) is 5.91 Å². The van der Waals surface area contributed by atoms with Gasteiger partial charge >= 0.3 is 6.03 Å². The summed E-state index contributed by atoms with van der Waals surface area (Å²) >= 11 is 0. The van der Waals surface area contributed by atoms with Crippen LogP contribution in [-0.2, 0) is 15.1 Å². The van der Waals surface area contributed by atoms with Gasteiger partial charge in [-0.05, 0) is 37.0 Å². The second-order valence-corrected chi connectivity index (χ2v) is 7.08. The lowest BCUT2D eigenvalue weighted by molar-refractivity contribution is -0.135. The van der Waals surface area contributed by atoms with E-state index in [0.29, 0.717) is 17.9 Å². The third-order valence-electron chi connectivity index (χ3n) is 4.40. The van der Waals surface area contributed by atoms with E-state index in [1.165, 1.54) is 31.2 Å². The van der Waals surface area contributed by atoms with Gasteiger partial charge in [-0.1, -0.05) is 26.0 Å². The van der Waals surface area contributed by atoms with E-state index in [2.05, 4.69) is 10.6 Å². The first-order valence-corrected chi connectivity index (χ1v) is 8.57. The summed E-state index contributed by atoms with van der Waals surface area (Å²) in [4.78, 5) is 38.1. The Bertz CT molecular complexity index is 698. The molecule has 1 saturated heterocycles. The van der Waals surface area contributed by atoms with Crippen LogP contribution in [0, 0.1) is 11.7 Å². The molecule has 1 aromatic rings. The highest BCUT2D eigenvalue weighted by molar-refractivity contribution is 6.09. The van der Waals surface area contributed by atoms with E-state index in [1.54, 1.807) is 0 Å². The smallest absolute Gasteiger partial charge is 0.325 e. The fourth-order valence-electron chi connectivity index (χ4n) is 3.02. The van der Waals surface area contributed by atoms with Gasteiger partial charge in [0, 0.05) is 12.6 Å². The number of nitrogens with one attached hydrogen (secondary N) is 2. The van der Waals surface area contributed by atoms with Crippen LogP contribution < -0.4 is 16.4 Å². The normalized spacial score (nSPS) is 20.3. The molecule has 1 aromatic carbocycles. The Balaban J connectivity index is 0.00000364. The summed E-state index contributed by atoms with van der Waals surface area (Å²) in [6.07, 6.45) is 0.704. The molecule has 0 bridgehead atoms. The van der Waals surface area contributed by atoms with E-state index in [1.807, 2.05) is 13.8 Å². The van der Waals surface area contributed by atoms with E-state index >= 15 is 0 Å². The molecule has 1 heterocycles. The Hall–Kier alpha value is -2.19. The van der Waals surface area contributed by atoms with Gasteiger partial charge in [-0.2, -0.15) is 0 Å². The Morgan fingerprint density at radius 3 is 2.41 bits per heavy atom. The van der Waals surface area contributed by atoms with Crippen molar-refractivity contribution in [1.29, 1.82) is 0 Å². The van der Waals surface area contributed by atoms with Crippen LogP contribution in [0.4, 0.5) is 9.18 Å². The van der Waals surface area contributed by atoms with Gasteiger partial charge in [-0.15, -0.1) is 12.4 Å². The Morgan fingerprint density at radius 2 is 1.89 bits per heavy atom. The molecule has 0 saturated carbocycles. The van der Waals surface area contributed by atoms with Crippen LogP contribution in [0.5, 0.6) is 0 Å². The minimum atomic E-state index is -1.34. The zero-order valence-electron chi connectivity index (χ0n) is 15.6. The van der Waals surface area contributed by atoms with E-state index in [-0.39, 0.29) is 25.0 Å². The minimum Gasteiger partial charge on any atom is -0.351 e. The van der Waals surface area contributed by atoms with Crippen molar-refractivity contribution in [3.05, 3.63) is 35.6 Å². The van der Waals surface area contributed by atoms with E-state index in [4.69, 9.17) is 5.73 Å². The lowest BCUT2D eigenvalue weighted by atomic mass is 9.92. The predicted molar refractivity (Wildman–Crippen MR) is 102 cm³/mol. The topological polar surface area (TPSA) is 105 Å². The molecule has 0 aromatic heterocycles. The van der Waals surface area contributed by atoms with Gasteiger partial charge in [0.15, 0.2) is 0 Å². The summed E-state index contributed by atoms with van der Waals surface area (Å²) in [6.45, 7) is 5.44. The van der Waals surface area contributed by atoms with E-state index in [0.717, 1.165) is 4.90 Å². The standard InChI is InChI=1S/C18H25FN4O3.ClH/c1-11(2)8-14(9-20)21-15(24)10-23-16(25)18(3,22-17(23)26)12-4-6-13(19)7-5-12;/h4-7,11,14H,8-10,20H2,1-3H3,(H,21,24)(H,22,26);1H. The van der Waals surface area contributed by atoms with Crippen LogP contribution in [0.25, 0.3) is 0 Å². The highest BCUT2D eigenvalue weighted by Crippen LogP contribution is 2.28. The first kappa shape index (κ1) is 22.9. The summed E-state index contributed by atoms with van der Waals surface area (Å²) in [5.41, 5.74) is 4.77. The molecule has 0 radical (unpaired) electrons. The van der Waals surface area contributed by atoms with Crippen molar-refractivity contribution in [2.24, 2.45) is 11.7 Å². The average molecular weight is 401 g/mol. The summed E-state index contributed by atoms with van der Waals surface area (Å²) in [5.74, 6) is -1.10. The van der Waals surface area contributed by atoms with Crippen molar-refractivity contribution in [3.8, 4) is 0 Å². The number of benzene rings is 1. The van der Waals surface area contributed by atoms with Crippen LogP contribution in [-0.4, -0.2) is 41.9 Å². The van der Waals surface area contributed by atoms with Gasteiger partial charge in [-0.25, -0.2) is 9.18 Å². The molecular weight excluding hydrogens is 375 g/mol. The van der Waals surface area contributed by atoms with Crippen molar-refractivity contribution in [3.63, 3.8) is 0 Å². The first-order chi connectivity index (χ1) is 12.2. The number of hydrogen-bond acceptors (Lipinski definition) is 4. The van der Waals surface area contributed by atoms with Crippen LogP contribution in [0.15, 0.2) is 24.3 Å². The second kappa shape index (κ2) is 9.14. The van der Waals surface area contributed by atoms with Crippen LogP contribution in [0.2, 0.25) is 0 Å². The molecule has 0 aliphatic carbocycles. The summed E-state index contributed by atoms with van der Waals surface area (Å²) < 4.78 is 13.1. The Morgan fingerprint density at radius 1 is 1.30 bits per heavy atom. The summed E-state index contributed by atoms with van der Waals surface area (Å²) in [7, 11) is 0. The summed E-state index contributed by atoms with van der Waals surface area (Å²) in [6, 6.07) is 4.42. The Kier molecular flexibility index (Phi) is 7.74. The zero-order valence-corrected chi connectivity index (χ0v) is 16.4. The zero-order chi connectivity index (χ0) is 19.5. The number of amides is 4. The number of halogens is 2. The minimum absolute atomic E-state index is 0. The maximum absolute atomic E-state index is 13.1. The van der Waals surface area contributed by atoms with Crippen molar-refractivity contribution in [2.45, 2.75) is 38.8 Å². The number of nitrogens with two attached hydrogens (primary N) is 1. The number of carbonyl (C=O) groups is 3. The molecule has 27 heavy (non-hydrogen) atoms. The molecule has 7 nitrogen and oxygen atoms in total. The first-order valence-electron chi connectivity index (χ1n) is 8.57. The lowest BCUT2D eigenvalue weighted by Gasteiger charge is -2.23. The quantitative estimate of drug-likeness (QED) is 0.603. The maximum Gasteiger partial charge on any atom is 0.325 e. The maximum atomic E-state index is 13.1. The van der Waals surface area contributed by atoms with Gasteiger partial charge < -0.3 is 16.4 Å². The van der Waals surface area contributed by atoms with Crippen LogP contribution in [0.3, 0.4) is 0 Å². The summed E-state index contributed by atoms with van der Waals surface area (Å²) in [5, 5.41) is 5.33. The SMILES string of the molecule is CC(C)CC(CN)NC(=O)CN1C(=O)NC(C)(c2ccc(F)cc2)C1=O.Cl. The van der Waals surface area contributed by atoms with Crippen LogP contribution in [0.1, 0.15) is 32.8 Å². The van der Waals surface area contributed by atoms with E-state index in [9.17, 15) is 18.8 Å². The molecule has 2 unspecified atom stereocenters. The van der Waals surface area contributed by atoms with Gasteiger partial charge in [0.05, 0.1) is 0 Å². The third-order valence-corrected chi connectivity index (χ3v) is 4.40. The Labute approximate surface area is 164 Å².